The Morgan fingerprint density at radius 1 is 1.41 bits per heavy atom. The van der Waals surface area contributed by atoms with Gasteiger partial charge in [-0.1, -0.05) is 25.1 Å². The molecule has 0 bridgehead atoms. The zero-order valence-electron chi connectivity index (χ0n) is 9.94. The molecule has 17 heavy (non-hydrogen) atoms. The molecule has 0 saturated carbocycles. The first kappa shape index (κ1) is 11.5. The van der Waals surface area contributed by atoms with E-state index in [9.17, 15) is 4.79 Å². The van der Waals surface area contributed by atoms with E-state index in [0.29, 0.717) is 13.1 Å². The normalized spacial score (nSPS) is 10.6. The Hall–Kier alpha value is -1.97. The van der Waals surface area contributed by atoms with E-state index in [1.807, 2.05) is 37.5 Å². The first-order valence-corrected chi connectivity index (χ1v) is 5.81. The summed E-state index contributed by atoms with van der Waals surface area (Å²) in [7, 11) is 0. The monoisotopic (exact) mass is 231 g/mol. The highest BCUT2D eigenvalue weighted by Crippen LogP contribution is 2.19. The number of aromatic nitrogens is 1. The van der Waals surface area contributed by atoms with Crippen LogP contribution >= 0.6 is 0 Å². The maximum atomic E-state index is 11.3. The number of aromatic amines is 1. The lowest BCUT2D eigenvalue weighted by Gasteiger charge is -2.20. The van der Waals surface area contributed by atoms with Crippen molar-refractivity contribution in [3.05, 3.63) is 36.2 Å². The third-order valence-electron chi connectivity index (χ3n) is 2.86. The molecule has 0 fully saturated rings. The first-order chi connectivity index (χ1) is 8.22. The minimum absolute atomic E-state index is 0.362. The summed E-state index contributed by atoms with van der Waals surface area (Å²) in [5, 5.41) is 2.30. The van der Waals surface area contributed by atoms with E-state index in [0.717, 1.165) is 22.8 Å². The number of amides is 2. The number of hydrogen-bond acceptors (Lipinski definition) is 1. The molecule has 4 heteroatoms. The van der Waals surface area contributed by atoms with Gasteiger partial charge in [0.1, 0.15) is 0 Å². The largest absolute Gasteiger partial charge is 0.366 e. The quantitative estimate of drug-likeness (QED) is 0.834. The second-order valence-electron chi connectivity index (χ2n) is 4.14. The highest BCUT2D eigenvalue weighted by Gasteiger charge is 2.11. The van der Waals surface area contributed by atoms with Gasteiger partial charge in [-0.3, -0.25) is 0 Å². The summed E-state index contributed by atoms with van der Waals surface area (Å²) >= 11 is 0. The molecule has 0 aliphatic rings. The summed E-state index contributed by atoms with van der Waals surface area (Å²) < 4.78 is 0. The Morgan fingerprint density at radius 3 is 2.94 bits per heavy atom. The summed E-state index contributed by atoms with van der Waals surface area (Å²) in [6.07, 6.45) is 4.81. The third kappa shape index (κ3) is 2.41. The van der Waals surface area contributed by atoms with Crippen LogP contribution in [-0.4, -0.2) is 22.5 Å². The van der Waals surface area contributed by atoms with Crippen LogP contribution in [0.1, 0.15) is 18.9 Å². The van der Waals surface area contributed by atoms with E-state index in [-0.39, 0.29) is 6.03 Å². The number of carbonyl (C=O) groups excluding carboxylic acids is 1. The maximum Gasteiger partial charge on any atom is 0.315 e. The first-order valence-electron chi connectivity index (χ1n) is 5.81. The third-order valence-corrected chi connectivity index (χ3v) is 2.86. The van der Waals surface area contributed by atoms with E-state index in [4.69, 9.17) is 5.73 Å². The van der Waals surface area contributed by atoms with Gasteiger partial charge in [0.2, 0.25) is 0 Å². The minimum Gasteiger partial charge on any atom is -0.366 e. The zero-order valence-corrected chi connectivity index (χ0v) is 9.94. The van der Waals surface area contributed by atoms with Gasteiger partial charge in [-0.15, -0.1) is 0 Å². The van der Waals surface area contributed by atoms with Gasteiger partial charge in [-0.05, 0) is 17.4 Å². The van der Waals surface area contributed by atoms with Crippen molar-refractivity contribution >= 4 is 16.8 Å². The molecule has 90 valence electrons. The van der Waals surface area contributed by atoms with Crippen LogP contribution in [0.4, 0.5) is 4.79 Å². The molecule has 0 aliphatic heterocycles. The number of primary amides is 1. The van der Waals surface area contributed by atoms with Crippen molar-refractivity contribution in [1.29, 1.82) is 0 Å². The van der Waals surface area contributed by atoms with Gasteiger partial charge in [0, 0.05) is 30.9 Å². The highest BCUT2D eigenvalue weighted by atomic mass is 16.2. The Balaban J connectivity index is 2.27. The fourth-order valence-corrected chi connectivity index (χ4v) is 2.03. The van der Waals surface area contributed by atoms with Crippen LogP contribution in [0, 0.1) is 0 Å². The van der Waals surface area contributed by atoms with E-state index in [1.165, 1.54) is 0 Å². The number of nitrogens with zero attached hydrogens (tertiary/aromatic N) is 1. The van der Waals surface area contributed by atoms with Crippen LogP contribution in [0.3, 0.4) is 0 Å². The van der Waals surface area contributed by atoms with Crippen LogP contribution in [0.2, 0.25) is 0 Å². The lowest BCUT2D eigenvalue weighted by atomic mass is 10.1. The molecule has 0 aliphatic carbocycles. The van der Waals surface area contributed by atoms with Gasteiger partial charge in [-0.25, -0.2) is 4.79 Å². The van der Waals surface area contributed by atoms with Crippen LogP contribution in [0.25, 0.3) is 10.8 Å². The SMILES string of the molecule is CCCN(Cc1cccc2c[nH]cc12)C(N)=O. The second kappa shape index (κ2) is 4.91. The average molecular weight is 231 g/mol. The molecule has 1 aromatic heterocycles. The number of rotatable bonds is 4. The number of carbonyl (C=O) groups is 1. The number of nitrogens with two attached hydrogens (primary N) is 1. The standard InChI is InChI=1S/C13H17N3O/c1-2-6-16(13(14)17)9-11-5-3-4-10-7-15-8-12(10)11/h3-5,7-8,15H,2,6,9H2,1H3,(H2,14,17). The average Bonchev–Trinajstić information content (AvgIpc) is 2.77. The van der Waals surface area contributed by atoms with Crippen LogP contribution in [0.15, 0.2) is 30.6 Å². The minimum atomic E-state index is -0.362. The smallest absolute Gasteiger partial charge is 0.315 e. The topological polar surface area (TPSA) is 62.1 Å². The van der Waals surface area contributed by atoms with Gasteiger partial charge >= 0.3 is 6.03 Å². The van der Waals surface area contributed by atoms with Crippen molar-refractivity contribution in [3.63, 3.8) is 0 Å². The van der Waals surface area contributed by atoms with Gasteiger partial charge < -0.3 is 15.6 Å². The summed E-state index contributed by atoms with van der Waals surface area (Å²) in [6.45, 7) is 3.29. The zero-order chi connectivity index (χ0) is 12.3. The molecule has 2 aromatic rings. The molecule has 0 radical (unpaired) electrons. The number of fused-ring (bicyclic) bond motifs is 1. The van der Waals surface area contributed by atoms with Crippen molar-refractivity contribution in [3.8, 4) is 0 Å². The molecule has 2 amide bonds. The predicted molar refractivity (Wildman–Crippen MR) is 68.6 cm³/mol. The summed E-state index contributed by atoms with van der Waals surface area (Å²) in [5.41, 5.74) is 6.49. The Kier molecular flexibility index (Phi) is 3.32. The van der Waals surface area contributed by atoms with Crippen molar-refractivity contribution in [2.45, 2.75) is 19.9 Å². The van der Waals surface area contributed by atoms with Gasteiger partial charge in [-0.2, -0.15) is 0 Å². The highest BCUT2D eigenvalue weighted by molar-refractivity contribution is 5.85. The van der Waals surface area contributed by atoms with E-state index in [1.54, 1.807) is 4.90 Å². The maximum absolute atomic E-state index is 11.3. The Labute approximate surface area is 100 Å². The lowest BCUT2D eigenvalue weighted by Crippen LogP contribution is -2.35. The number of nitrogens with one attached hydrogen (secondary N) is 1. The number of benzene rings is 1. The molecule has 0 atom stereocenters. The predicted octanol–water partition coefficient (Wildman–Crippen LogP) is 2.46. The lowest BCUT2D eigenvalue weighted by molar-refractivity contribution is 0.205. The fraction of sp³-hybridized carbons (Fsp3) is 0.308. The molecule has 3 N–H and O–H groups in total. The van der Waals surface area contributed by atoms with Crippen molar-refractivity contribution in [2.75, 3.05) is 6.54 Å². The molecule has 0 unspecified atom stereocenters. The molecule has 4 nitrogen and oxygen atoms in total. The molecule has 1 aromatic carbocycles. The molecular formula is C13H17N3O. The van der Waals surface area contributed by atoms with E-state index in [2.05, 4.69) is 4.98 Å². The molecule has 1 heterocycles. The molecule has 2 rings (SSSR count). The number of H-pyrrole nitrogens is 1. The van der Waals surface area contributed by atoms with Crippen molar-refractivity contribution in [1.82, 2.24) is 9.88 Å². The van der Waals surface area contributed by atoms with E-state index >= 15 is 0 Å². The summed E-state index contributed by atoms with van der Waals surface area (Å²) in [6, 6.07) is 5.71. The summed E-state index contributed by atoms with van der Waals surface area (Å²) in [5.74, 6) is 0. The summed E-state index contributed by atoms with van der Waals surface area (Å²) in [4.78, 5) is 16.1. The van der Waals surface area contributed by atoms with Gasteiger partial charge in [0.15, 0.2) is 0 Å². The van der Waals surface area contributed by atoms with Crippen LogP contribution < -0.4 is 5.73 Å². The number of urea groups is 1. The molecule has 0 spiro atoms. The number of hydrogen-bond donors (Lipinski definition) is 2. The van der Waals surface area contributed by atoms with Gasteiger partial charge in [0.25, 0.3) is 0 Å². The molecule has 0 saturated heterocycles. The van der Waals surface area contributed by atoms with Crippen LogP contribution in [0.5, 0.6) is 0 Å². The van der Waals surface area contributed by atoms with E-state index < -0.39 is 0 Å². The van der Waals surface area contributed by atoms with Gasteiger partial charge in [0.05, 0.1) is 0 Å². The van der Waals surface area contributed by atoms with Crippen molar-refractivity contribution < 1.29 is 4.79 Å². The van der Waals surface area contributed by atoms with Crippen molar-refractivity contribution in [2.24, 2.45) is 5.73 Å². The Bertz CT molecular complexity index is 518. The van der Waals surface area contributed by atoms with Crippen LogP contribution in [-0.2, 0) is 6.54 Å². The fourth-order valence-electron chi connectivity index (χ4n) is 2.03. The Morgan fingerprint density at radius 2 is 2.24 bits per heavy atom. The molecular weight excluding hydrogens is 214 g/mol. The second-order valence-corrected chi connectivity index (χ2v) is 4.14.